The molecule has 0 saturated carbocycles. The molecule has 0 heterocycles. The second-order valence-corrected chi connectivity index (χ2v) is 7.17. The lowest BCUT2D eigenvalue weighted by Crippen LogP contribution is -2.44. The van der Waals surface area contributed by atoms with Gasteiger partial charge in [-0.15, -0.1) is 0 Å². The van der Waals surface area contributed by atoms with Gasteiger partial charge in [-0.2, -0.15) is 0 Å². The van der Waals surface area contributed by atoms with Gasteiger partial charge in [0.15, 0.2) is 0 Å². The molecule has 86 valence electrons. The molecule has 0 radical (unpaired) electrons. The highest BCUT2D eigenvalue weighted by Gasteiger charge is 2.38. The topological polar surface area (TPSA) is 68.2 Å². The number of rotatable bonds is 8. The fourth-order valence-electron chi connectivity index (χ4n) is 0.740. The van der Waals surface area contributed by atoms with Crippen LogP contribution in [0.3, 0.4) is 0 Å². The maximum Gasteiger partial charge on any atom is 0.701 e. The minimum Gasteiger partial charge on any atom is -0.366 e. The van der Waals surface area contributed by atoms with Gasteiger partial charge in [0.1, 0.15) is 0 Å². The molecule has 0 aliphatic carbocycles. The molecule has 14 heavy (non-hydrogen) atoms. The number of hydrogen-bond donors (Lipinski definition) is 2. The molecular weight excluding hydrogens is 220 g/mol. The van der Waals surface area contributed by atoms with Crippen LogP contribution >= 0.6 is 0 Å². The van der Waals surface area contributed by atoms with Gasteiger partial charge in [-0.3, -0.25) is 4.58 Å². The molecule has 0 unspecified atom stereocenters. The van der Waals surface area contributed by atoms with Gasteiger partial charge in [0.2, 0.25) is 9.04 Å². The minimum atomic E-state index is -4.00. The van der Waals surface area contributed by atoms with E-state index in [-0.39, 0.29) is 0 Å². The van der Waals surface area contributed by atoms with Crippen molar-refractivity contribution in [2.75, 3.05) is 6.61 Å². The molecule has 0 rings (SSSR count). The van der Waals surface area contributed by atoms with Crippen molar-refractivity contribution in [2.45, 2.75) is 39.3 Å². The fourth-order valence-corrected chi connectivity index (χ4v) is 2.47. The largest absolute Gasteiger partial charge is 0.701 e. The lowest BCUT2D eigenvalue weighted by Gasteiger charge is -2.17. The highest BCUT2D eigenvalue weighted by Crippen LogP contribution is 2.03. The van der Waals surface area contributed by atoms with Gasteiger partial charge in [0.25, 0.3) is 0 Å². The third-order valence-electron chi connectivity index (χ3n) is 1.39. The van der Waals surface area contributed by atoms with Crippen LogP contribution in [-0.2, 0) is 13.6 Å². The summed E-state index contributed by atoms with van der Waals surface area (Å²) >= 11 is 0. The van der Waals surface area contributed by atoms with Crippen molar-refractivity contribution in [3.8, 4) is 0 Å². The summed E-state index contributed by atoms with van der Waals surface area (Å²) in [5, 5.41) is 0. The molecular formula is C7H20O5Si2. The van der Waals surface area contributed by atoms with E-state index in [4.69, 9.17) is 9.00 Å². The van der Waals surface area contributed by atoms with Gasteiger partial charge in [-0.1, -0.05) is 19.8 Å². The van der Waals surface area contributed by atoms with Crippen molar-refractivity contribution in [3.63, 3.8) is 0 Å². The average Bonchev–Trinajstić information content (AvgIpc) is 2.10. The third-order valence-corrected chi connectivity index (χ3v) is 2.95. The van der Waals surface area contributed by atoms with Crippen LogP contribution in [0.15, 0.2) is 0 Å². The lowest BCUT2D eigenvalue weighted by atomic mass is 10.3. The van der Waals surface area contributed by atoms with Crippen molar-refractivity contribution in [3.05, 3.63) is 0 Å². The van der Waals surface area contributed by atoms with Crippen molar-refractivity contribution < 1.29 is 23.2 Å². The van der Waals surface area contributed by atoms with Gasteiger partial charge < -0.3 is 14.0 Å². The second kappa shape index (κ2) is 7.52. The maximum atomic E-state index is 9.21. The van der Waals surface area contributed by atoms with Crippen molar-refractivity contribution in [2.24, 2.45) is 0 Å². The van der Waals surface area contributed by atoms with Gasteiger partial charge in [-0.25, -0.2) is 4.58 Å². The zero-order valence-corrected chi connectivity index (χ0v) is 11.2. The Morgan fingerprint density at radius 2 is 1.86 bits per heavy atom. The molecule has 0 aliphatic rings. The summed E-state index contributed by atoms with van der Waals surface area (Å²) in [6.45, 7) is 6.09. The normalized spacial score (nSPS) is 12.4. The Labute approximate surface area is 87.8 Å². The average molecular weight is 240 g/mol. The van der Waals surface area contributed by atoms with Crippen LogP contribution in [0.25, 0.3) is 0 Å². The van der Waals surface area contributed by atoms with Crippen LogP contribution in [-0.4, -0.2) is 34.3 Å². The first-order chi connectivity index (χ1) is 6.48. The Morgan fingerprint density at radius 1 is 1.21 bits per heavy atom. The van der Waals surface area contributed by atoms with E-state index in [2.05, 4.69) is 11.5 Å². The molecule has 0 saturated heterocycles. The molecule has 7 heteroatoms. The number of unbranched alkanes of at least 4 members (excludes halogenated alkanes) is 2. The highest BCUT2D eigenvalue weighted by molar-refractivity contribution is 6.52. The zero-order chi connectivity index (χ0) is 11.0. The van der Waals surface area contributed by atoms with E-state index in [0.717, 1.165) is 19.3 Å². The van der Waals surface area contributed by atoms with E-state index in [9.17, 15) is 9.59 Å². The first kappa shape index (κ1) is 14.2. The van der Waals surface area contributed by atoms with E-state index in [0.29, 0.717) is 6.61 Å². The molecule has 0 bridgehead atoms. The predicted molar refractivity (Wildman–Crippen MR) is 56.7 cm³/mol. The second-order valence-electron chi connectivity index (χ2n) is 3.33. The summed E-state index contributed by atoms with van der Waals surface area (Å²) in [6, 6.07) is 0. The molecule has 0 atom stereocenters. The standard InChI is InChI=1S/C7H20O5Si2/c1-4-5-6-7-10-14(8,9)12-11-13(2)3/h8-9,13H,4-7H2,1-3H3. The SMILES string of the molecule is CCCCCO[Si](O)(O)OO[SiH](C)C. The zero-order valence-electron chi connectivity index (χ0n) is 9.02. The van der Waals surface area contributed by atoms with E-state index in [1.54, 1.807) is 0 Å². The smallest absolute Gasteiger partial charge is 0.366 e. The molecule has 0 amide bonds. The van der Waals surface area contributed by atoms with Crippen molar-refractivity contribution in [1.29, 1.82) is 0 Å². The molecule has 0 aliphatic heterocycles. The van der Waals surface area contributed by atoms with Gasteiger partial charge in [-0.05, 0) is 19.5 Å². The minimum absolute atomic E-state index is 0.302. The fraction of sp³-hybridized carbons (Fsp3) is 1.00. The van der Waals surface area contributed by atoms with E-state index in [1.807, 2.05) is 13.1 Å². The first-order valence-electron chi connectivity index (χ1n) is 4.91. The molecule has 0 fully saturated rings. The first-order valence-corrected chi connectivity index (χ1v) is 9.40. The molecule has 0 aromatic carbocycles. The van der Waals surface area contributed by atoms with Crippen molar-refractivity contribution >= 4 is 18.1 Å². The molecule has 0 aromatic rings. The Hall–Kier alpha value is 0.234. The van der Waals surface area contributed by atoms with Crippen LogP contribution in [0.4, 0.5) is 0 Å². The summed E-state index contributed by atoms with van der Waals surface area (Å²) in [6.07, 6.45) is 2.87. The van der Waals surface area contributed by atoms with Crippen LogP contribution in [0.5, 0.6) is 0 Å². The van der Waals surface area contributed by atoms with E-state index < -0.39 is 18.1 Å². The third kappa shape index (κ3) is 8.82. The Morgan fingerprint density at radius 3 is 2.36 bits per heavy atom. The summed E-state index contributed by atoms with van der Waals surface area (Å²) < 4.78 is 14.0. The van der Waals surface area contributed by atoms with Crippen molar-refractivity contribution in [1.82, 2.24) is 0 Å². The van der Waals surface area contributed by atoms with Gasteiger partial charge >= 0.3 is 9.05 Å². The monoisotopic (exact) mass is 240 g/mol. The van der Waals surface area contributed by atoms with Crippen LogP contribution in [0, 0.1) is 0 Å². The van der Waals surface area contributed by atoms with Crippen LogP contribution in [0.2, 0.25) is 13.1 Å². The quantitative estimate of drug-likeness (QED) is 0.281. The molecule has 2 N–H and O–H groups in total. The maximum absolute atomic E-state index is 9.21. The van der Waals surface area contributed by atoms with Crippen LogP contribution < -0.4 is 0 Å². The van der Waals surface area contributed by atoms with E-state index in [1.165, 1.54) is 0 Å². The Kier molecular flexibility index (Phi) is 7.64. The highest BCUT2D eigenvalue weighted by atomic mass is 28.4. The summed E-state index contributed by atoms with van der Waals surface area (Å²) in [4.78, 5) is 18.4. The molecule has 5 nitrogen and oxygen atoms in total. The summed E-state index contributed by atoms with van der Waals surface area (Å²) in [7, 11) is -5.41. The lowest BCUT2D eigenvalue weighted by molar-refractivity contribution is -0.189. The Bertz CT molecular complexity index is 142. The predicted octanol–water partition coefficient (Wildman–Crippen LogP) is 0.545. The molecule has 0 spiro atoms. The molecule has 0 aromatic heterocycles. The van der Waals surface area contributed by atoms with E-state index >= 15 is 0 Å². The summed E-state index contributed by atoms with van der Waals surface area (Å²) in [5.74, 6) is 0. The summed E-state index contributed by atoms with van der Waals surface area (Å²) in [5.41, 5.74) is 0. The number of hydrogen-bond acceptors (Lipinski definition) is 5. The van der Waals surface area contributed by atoms with Crippen LogP contribution in [0.1, 0.15) is 26.2 Å². The van der Waals surface area contributed by atoms with Gasteiger partial charge in [0, 0.05) is 6.61 Å². The Balaban J connectivity index is 3.50. The van der Waals surface area contributed by atoms with Gasteiger partial charge in [0.05, 0.1) is 0 Å².